The number of nitrogens with zero attached hydrogens (tertiary/aromatic N) is 2. The zero-order chi connectivity index (χ0) is 19.7. The highest BCUT2D eigenvalue weighted by Crippen LogP contribution is 2.38. The van der Waals surface area contributed by atoms with E-state index in [4.69, 9.17) is 10.00 Å². The highest BCUT2D eigenvalue weighted by Gasteiger charge is 2.47. The number of hydrazone groups is 1. The highest BCUT2D eigenvalue weighted by atomic mass is 19.4. The molecule has 4 nitrogen and oxygen atoms in total. The standard InChI is InChI=1S/C20H32F3N3O/c1-2-3-4-5-12-27-19-11-10-17(13-18(19)20(21,22)23)26-25-16-8-6-15(14-24)7-9-16/h15-16,18-19,25H,2-13H2,1H3/b26-17+. The molecular weight excluding hydrogens is 355 g/mol. The smallest absolute Gasteiger partial charge is 0.378 e. The molecule has 0 aliphatic heterocycles. The Morgan fingerprint density at radius 1 is 1.15 bits per heavy atom. The molecule has 0 bridgehead atoms. The summed E-state index contributed by atoms with van der Waals surface area (Å²) >= 11 is 0. The average molecular weight is 387 g/mol. The van der Waals surface area contributed by atoms with Gasteiger partial charge in [-0.15, -0.1) is 0 Å². The molecule has 2 saturated carbocycles. The van der Waals surface area contributed by atoms with Crippen molar-refractivity contribution in [1.82, 2.24) is 5.43 Å². The van der Waals surface area contributed by atoms with E-state index < -0.39 is 18.2 Å². The number of rotatable bonds is 8. The van der Waals surface area contributed by atoms with Crippen molar-refractivity contribution >= 4 is 5.71 Å². The summed E-state index contributed by atoms with van der Waals surface area (Å²) in [6.45, 7) is 2.51. The summed E-state index contributed by atoms with van der Waals surface area (Å²) in [5.41, 5.74) is 3.65. The SMILES string of the molecule is CCCCCCOC1CC/C(=N\NC2CCC(C#N)CC2)CC1C(F)(F)F. The van der Waals surface area contributed by atoms with Crippen molar-refractivity contribution in [3.05, 3.63) is 0 Å². The van der Waals surface area contributed by atoms with Gasteiger partial charge in [-0.3, -0.25) is 0 Å². The first-order valence-electron chi connectivity index (χ1n) is 10.3. The first-order chi connectivity index (χ1) is 12.9. The van der Waals surface area contributed by atoms with Gasteiger partial charge in [-0.2, -0.15) is 23.5 Å². The minimum atomic E-state index is -4.26. The number of halogens is 3. The van der Waals surface area contributed by atoms with E-state index in [1.165, 1.54) is 0 Å². The second kappa shape index (κ2) is 10.9. The zero-order valence-electron chi connectivity index (χ0n) is 16.2. The molecule has 0 radical (unpaired) electrons. The van der Waals surface area contributed by atoms with Crippen molar-refractivity contribution in [3.8, 4) is 6.07 Å². The lowest BCUT2D eigenvalue weighted by Gasteiger charge is -2.34. The van der Waals surface area contributed by atoms with Crippen LogP contribution in [-0.4, -0.2) is 30.6 Å². The average Bonchev–Trinajstić information content (AvgIpc) is 2.66. The van der Waals surface area contributed by atoms with Crippen molar-refractivity contribution in [3.63, 3.8) is 0 Å². The number of nitriles is 1. The summed E-state index contributed by atoms with van der Waals surface area (Å²) in [6, 6.07) is 2.45. The quantitative estimate of drug-likeness (QED) is 0.452. The molecule has 154 valence electrons. The Kier molecular flexibility index (Phi) is 8.88. The predicted molar refractivity (Wildman–Crippen MR) is 99.2 cm³/mol. The number of nitrogens with one attached hydrogen (secondary N) is 1. The molecular formula is C20H32F3N3O. The van der Waals surface area contributed by atoms with Gasteiger partial charge in [-0.05, 0) is 44.9 Å². The molecule has 0 aromatic carbocycles. The Bertz CT molecular complexity index is 508. The second-order valence-electron chi connectivity index (χ2n) is 7.85. The van der Waals surface area contributed by atoms with Crippen LogP contribution in [0.1, 0.15) is 77.6 Å². The van der Waals surface area contributed by atoms with E-state index in [1.807, 2.05) is 0 Å². The number of alkyl halides is 3. The van der Waals surface area contributed by atoms with Crippen LogP contribution in [-0.2, 0) is 4.74 Å². The van der Waals surface area contributed by atoms with Crippen LogP contribution >= 0.6 is 0 Å². The van der Waals surface area contributed by atoms with Crippen LogP contribution in [0.4, 0.5) is 13.2 Å². The number of unbranched alkanes of at least 4 members (excludes halogenated alkanes) is 3. The summed E-state index contributed by atoms with van der Waals surface area (Å²) in [6.07, 6.45) is 3.20. The van der Waals surface area contributed by atoms with Crippen molar-refractivity contribution in [2.45, 2.75) is 95.9 Å². The Balaban J connectivity index is 1.83. The van der Waals surface area contributed by atoms with Crippen LogP contribution in [0, 0.1) is 23.2 Å². The minimum Gasteiger partial charge on any atom is -0.378 e. The van der Waals surface area contributed by atoms with Crippen LogP contribution in [0.15, 0.2) is 5.10 Å². The molecule has 27 heavy (non-hydrogen) atoms. The predicted octanol–water partition coefficient (Wildman–Crippen LogP) is 5.34. The first kappa shape index (κ1) is 22.0. The Labute approximate surface area is 160 Å². The van der Waals surface area contributed by atoms with Gasteiger partial charge in [-0.25, -0.2) is 0 Å². The summed E-state index contributed by atoms with van der Waals surface area (Å²) in [5.74, 6) is -1.36. The van der Waals surface area contributed by atoms with Crippen LogP contribution in [0.2, 0.25) is 0 Å². The molecule has 2 aliphatic rings. The van der Waals surface area contributed by atoms with Gasteiger partial charge < -0.3 is 10.2 Å². The number of ether oxygens (including phenoxy) is 1. The maximum Gasteiger partial charge on any atom is 0.394 e. The van der Waals surface area contributed by atoms with Crippen molar-refractivity contribution in [1.29, 1.82) is 5.26 Å². The maximum atomic E-state index is 13.5. The van der Waals surface area contributed by atoms with Crippen LogP contribution < -0.4 is 5.43 Å². The summed E-state index contributed by atoms with van der Waals surface area (Å²) in [7, 11) is 0. The van der Waals surface area contributed by atoms with Crippen LogP contribution in [0.3, 0.4) is 0 Å². The molecule has 0 aromatic rings. The maximum absolute atomic E-state index is 13.5. The largest absolute Gasteiger partial charge is 0.394 e. The summed E-state index contributed by atoms with van der Waals surface area (Å²) in [5, 5.41) is 13.2. The summed E-state index contributed by atoms with van der Waals surface area (Å²) < 4.78 is 46.1. The molecule has 7 heteroatoms. The normalized spacial score (nSPS) is 30.9. The molecule has 2 fully saturated rings. The Morgan fingerprint density at radius 2 is 1.89 bits per heavy atom. The van der Waals surface area contributed by atoms with Crippen molar-refractivity contribution < 1.29 is 17.9 Å². The first-order valence-corrected chi connectivity index (χ1v) is 10.3. The van der Waals surface area contributed by atoms with Gasteiger partial charge in [0, 0.05) is 30.7 Å². The van der Waals surface area contributed by atoms with E-state index >= 15 is 0 Å². The fourth-order valence-electron chi connectivity index (χ4n) is 3.92. The zero-order valence-corrected chi connectivity index (χ0v) is 16.2. The van der Waals surface area contributed by atoms with E-state index in [9.17, 15) is 13.2 Å². The fraction of sp³-hybridized carbons (Fsp3) is 0.900. The van der Waals surface area contributed by atoms with Crippen LogP contribution in [0.25, 0.3) is 0 Å². The van der Waals surface area contributed by atoms with Gasteiger partial charge >= 0.3 is 6.18 Å². The fourth-order valence-corrected chi connectivity index (χ4v) is 3.92. The van der Waals surface area contributed by atoms with E-state index in [2.05, 4.69) is 23.5 Å². The van der Waals surface area contributed by atoms with Gasteiger partial charge in [0.2, 0.25) is 0 Å². The van der Waals surface area contributed by atoms with Gasteiger partial charge in [0.1, 0.15) is 0 Å². The third-order valence-electron chi connectivity index (χ3n) is 5.69. The lowest BCUT2D eigenvalue weighted by atomic mass is 9.84. The van der Waals surface area contributed by atoms with E-state index in [-0.39, 0.29) is 18.4 Å². The summed E-state index contributed by atoms with van der Waals surface area (Å²) in [4.78, 5) is 0. The van der Waals surface area contributed by atoms with Gasteiger partial charge in [-0.1, -0.05) is 26.2 Å². The molecule has 2 rings (SSSR count). The third-order valence-corrected chi connectivity index (χ3v) is 5.69. The molecule has 0 aromatic heterocycles. The van der Waals surface area contributed by atoms with Crippen molar-refractivity contribution in [2.75, 3.05) is 6.61 Å². The molecule has 0 heterocycles. The van der Waals surface area contributed by atoms with E-state index in [1.54, 1.807) is 0 Å². The van der Waals surface area contributed by atoms with Gasteiger partial charge in [0.05, 0.1) is 18.1 Å². The lowest BCUT2D eigenvalue weighted by Crippen LogP contribution is -2.42. The highest BCUT2D eigenvalue weighted by molar-refractivity contribution is 5.85. The Hall–Kier alpha value is -1.29. The Morgan fingerprint density at radius 3 is 2.52 bits per heavy atom. The lowest BCUT2D eigenvalue weighted by molar-refractivity contribution is -0.208. The van der Waals surface area contributed by atoms with Crippen LogP contribution in [0.5, 0.6) is 0 Å². The monoisotopic (exact) mass is 387 g/mol. The van der Waals surface area contributed by atoms with E-state index in [0.29, 0.717) is 25.2 Å². The molecule has 0 spiro atoms. The second-order valence-corrected chi connectivity index (χ2v) is 7.85. The third kappa shape index (κ3) is 7.33. The molecule has 0 saturated heterocycles. The molecule has 1 N–H and O–H groups in total. The molecule has 2 unspecified atom stereocenters. The number of hydrogen-bond donors (Lipinski definition) is 1. The number of hydrogen-bond acceptors (Lipinski definition) is 4. The molecule has 2 atom stereocenters. The van der Waals surface area contributed by atoms with Crippen molar-refractivity contribution in [2.24, 2.45) is 16.9 Å². The van der Waals surface area contributed by atoms with Gasteiger partial charge in [0.25, 0.3) is 0 Å². The molecule has 2 aliphatic carbocycles. The topological polar surface area (TPSA) is 57.4 Å². The minimum absolute atomic E-state index is 0.0797. The molecule has 0 amide bonds. The van der Waals surface area contributed by atoms with E-state index in [0.717, 1.165) is 51.4 Å². The van der Waals surface area contributed by atoms with Gasteiger partial charge in [0.15, 0.2) is 0 Å².